The number of hydrogen-bond acceptors (Lipinski definition) is 3. The Balaban J connectivity index is 1.71. The van der Waals surface area contributed by atoms with Crippen LogP contribution >= 0.6 is 23.4 Å². The lowest BCUT2D eigenvalue weighted by Crippen LogP contribution is -2.25. The average molecular weight is 369 g/mol. The Morgan fingerprint density at radius 2 is 1.80 bits per heavy atom. The summed E-state index contributed by atoms with van der Waals surface area (Å²) in [6, 6.07) is 17.6. The zero-order valence-corrected chi connectivity index (χ0v) is 15.2. The van der Waals surface area contributed by atoms with Crippen molar-refractivity contribution in [1.82, 2.24) is 9.55 Å². The summed E-state index contributed by atoms with van der Waals surface area (Å²) in [4.78, 5) is 17.1. The van der Waals surface area contributed by atoms with E-state index >= 15 is 0 Å². The van der Waals surface area contributed by atoms with Crippen molar-refractivity contribution in [3.8, 4) is 5.69 Å². The summed E-state index contributed by atoms with van der Waals surface area (Å²) >= 11 is 7.63. The van der Waals surface area contributed by atoms with Crippen molar-refractivity contribution < 1.29 is 0 Å². The van der Waals surface area contributed by atoms with Gasteiger partial charge in [0.05, 0.1) is 5.69 Å². The van der Waals surface area contributed by atoms with Gasteiger partial charge in [0.15, 0.2) is 0 Å². The second-order valence-corrected chi connectivity index (χ2v) is 7.46. The van der Waals surface area contributed by atoms with Gasteiger partial charge in [0.2, 0.25) is 0 Å². The second kappa shape index (κ2) is 7.06. The van der Waals surface area contributed by atoms with E-state index in [-0.39, 0.29) is 5.69 Å². The normalized spacial score (nSPS) is 13.0. The molecule has 5 heteroatoms. The Morgan fingerprint density at radius 3 is 2.56 bits per heavy atom. The van der Waals surface area contributed by atoms with Crippen molar-refractivity contribution in [2.45, 2.75) is 30.0 Å². The van der Waals surface area contributed by atoms with Crippen LogP contribution < -0.4 is 5.69 Å². The number of nitrogens with zero attached hydrogens (tertiary/aromatic N) is 2. The molecule has 0 saturated carbocycles. The molecule has 0 amide bonds. The highest BCUT2D eigenvalue weighted by atomic mass is 35.5. The summed E-state index contributed by atoms with van der Waals surface area (Å²) in [5.41, 5.74) is 4.18. The molecule has 25 heavy (non-hydrogen) atoms. The topological polar surface area (TPSA) is 34.9 Å². The lowest BCUT2D eigenvalue weighted by molar-refractivity contribution is 0.802. The van der Waals surface area contributed by atoms with Gasteiger partial charge in [0.1, 0.15) is 5.03 Å². The third-order valence-corrected chi connectivity index (χ3v) is 5.75. The number of fused-ring (bicyclic) bond motifs is 1. The predicted molar refractivity (Wildman–Crippen MR) is 103 cm³/mol. The van der Waals surface area contributed by atoms with E-state index in [1.54, 1.807) is 16.3 Å². The fourth-order valence-electron chi connectivity index (χ4n) is 3.23. The average Bonchev–Trinajstić information content (AvgIpc) is 3.11. The van der Waals surface area contributed by atoms with E-state index < -0.39 is 0 Å². The van der Waals surface area contributed by atoms with Crippen molar-refractivity contribution in [2.75, 3.05) is 0 Å². The Kier molecular flexibility index (Phi) is 4.64. The van der Waals surface area contributed by atoms with E-state index in [0.29, 0.717) is 5.02 Å². The van der Waals surface area contributed by atoms with Crippen LogP contribution in [0, 0.1) is 0 Å². The first-order valence-corrected chi connectivity index (χ1v) is 9.66. The van der Waals surface area contributed by atoms with Gasteiger partial charge in [-0.2, -0.15) is 4.98 Å². The standard InChI is InChI=1S/C20H17ClN2OS/c21-15-9-11-16(12-10-15)23-18-8-4-7-17(18)19(22-20(23)24)25-13-14-5-2-1-3-6-14/h1-3,5-6,9-12H,4,7-8,13H2. The molecule has 126 valence electrons. The lowest BCUT2D eigenvalue weighted by Gasteiger charge is -2.14. The second-order valence-electron chi connectivity index (χ2n) is 6.06. The van der Waals surface area contributed by atoms with E-state index in [1.807, 2.05) is 42.5 Å². The summed E-state index contributed by atoms with van der Waals surface area (Å²) in [6.07, 6.45) is 2.95. The van der Waals surface area contributed by atoms with Crippen LogP contribution in [0.25, 0.3) is 5.69 Å². The van der Waals surface area contributed by atoms with Gasteiger partial charge in [-0.1, -0.05) is 41.9 Å². The van der Waals surface area contributed by atoms with Crippen LogP contribution in [0.1, 0.15) is 23.2 Å². The number of aromatic nitrogens is 2. The molecule has 0 aliphatic heterocycles. The van der Waals surface area contributed by atoms with Crippen LogP contribution in [0.4, 0.5) is 0 Å². The number of halogens is 1. The van der Waals surface area contributed by atoms with Crippen molar-refractivity contribution in [3.63, 3.8) is 0 Å². The molecule has 0 bridgehead atoms. The summed E-state index contributed by atoms with van der Waals surface area (Å²) in [7, 11) is 0. The fourth-order valence-corrected chi connectivity index (χ4v) is 4.39. The zero-order valence-electron chi connectivity index (χ0n) is 13.6. The van der Waals surface area contributed by atoms with Crippen LogP contribution in [0.3, 0.4) is 0 Å². The minimum absolute atomic E-state index is 0.210. The highest BCUT2D eigenvalue weighted by Gasteiger charge is 2.22. The molecule has 1 aliphatic rings. The third-order valence-electron chi connectivity index (χ3n) is 4.41. The zero-order chi connectivity index (χ0) is 17.2. The maximum Gasteiger partial charge on any atom is 0.353 e. The highest BCUT2D eigenvalue weighted by molar-refractivity contribution is 7.98. The fraction of sp³-hybridized carbons (Fsp3) is 0.200. The summed E-state index contributed by atoms with van der Waals surface area (Å²) in [5, 5.41) is 1.54. The summed E-state index contributed by atoms with van der Waals surface area (Å²) in [5.74, 6) is 0.824. The Hall–Kier alpha value is -2.04. The van der Waals surface area contributed by atoms with Gasteiger partial charge in [-0.05, 0) is 49.1 Å². The van der Waals surface area contributed by atoms with E-state index in [9.17, 15) is 4.79 Å². The minimum Gasteiger partial charge on any atom is -0.265 e. The first kappa shape index (κ1) is 16.4. The lowest BCUT2D eigenvalue weighted by atomic mass is 10.2. The molecule has 3 nitrogen and oxygen atoms in total. The molecule has 0 atom stereocenters. The number of thioether (sulfide) groups is 1. The van der Waals surface area contributed by atoms with Gasteiger partial charge in [0, 0.05) is 22.0 Å². The van der Waals surface area contributed by atoms with E-state index in [2.05, 4.69) is 17.1 Å². The molecule has 1 aliphatic carbocycles. The largest absolute Gasteiger partial charge is 0.353 e. The van der Waals surface area contributed by atoms with Crippen LogP contribution in [-0.4, -0.2) is 9.55 Å². The minimum atomic E-state index is -0.210. The van der Waals surface area contributed by atoms with Gasteiger partial charge < -0.3 is 0 Å². The molecule has 0 radical (unpaired) electrons. The van der Waals surface area contributed by atoms with Crippen LogP contribution in [0.15, 0.2) is 64.4 Å². The molecular weight excluding hydrogens is 352 g/mol. The molecule has 1 heterocycles. The summed E-state index contributed by atoms with van der Waals surface area (Å²) < 4.78 is 1.74. The monoisotopic (exact) mass is 368 g/mol. The molecule has 4 rings (SSSR count). The number of rotatable bonds is 4. The summed E-state index contributed by atoms with van der Waals surface area (Å²) in [6.45, 7) is 0. The third kappa shape index (κ3) is 3.37. The maximum absolute atomic E-state index is 12.7. The quantitative estimate of drug-likeness (QED) is 0.496. The molecule has 2 aromatic carbocycles. The molecule has 0 unspecified atom stereocenters. The van der Waals surface area contributed by atoms with Crippen LogP contribution in [0.5, 0.6) is 0 Å². The smallest absolute Gasteiger partial charge is 0.265 e. The predicted octanol–water partition coefficient (Wildman–Crippen LogP) is 4.67. The van der Waals surface area contributed by atoms with Gasteiger partial charge in [-0.25, -0.2) is 4.79 Å². The first-order valence-electron chi connectivity index (χ1n) is 8.30. The van der Waals surface area contributed by atoms with Crippen LogP contribution in [-0.2, 0) is 18.6 Å². The van der Waals surface area contributed by atoms with Crippen molar-refractivity contribution in [1.29, 1.82) is 0 Å². The molecule has 0 saturated heterocycles. The Labute approximate surface area is 155 Å². The van der Waals surface area contributed by atoms with Gasteiger partial charge in [-0.3, -0.25) is 4.57 Å². The number of benzene rings is 2. The van der Waals surface area contributed by atoms with Crippen molar-refractivity contribution in [2.24, 2.45) is 0 Å². The molecule has 0 N–H and O–H groups in total. The molecule has 3 aromatic rings. The van der Waals surface area contributed by atoms with Crippen molar-refractivity contribution in [3.05, 3.63) is 86.9 Å². The van der Waals surface area contributed by atoms with E-state index in [1.165, 1.54) is 11.1 Å². The molecule has 1 aromatic heterocycles. The first-order chi connectivity index (χ1) is 12.2. The maximum atomic E-state index is 12.7. The molecular formula is C20H17ClN2OS. The van der Waals surface area contributed by atoms with Crippen molar-refractivity contribution >= 4 is 23.4 Å². The molecule has 0 spiro atoms. The number of hydrogen-bond donors (Lipinski definition) is 0. The van der Waals surface area contributed by atoms with E-state index in [4.69, 9.17) is 11.6 Å². The van der Waals surface area contributed by atoms with Crippen LogP contribution in [0.2, 0.25) is 5.02 Å². The Morgan fingerprint density at radius 1 is 1.04 bits per heavy atom. The van der Waals surface area contributed by atoms with E-state index in [0.717, 1.165) is 41.4 Å². The SMILES string of the molecule is O=c1nc(SCc2ccccc2)c2c(n1-c1ccc(Cl)cc1)CCC2. The highest BCUT2D eigenvalue weighted by Crippen LogP contribution is 2.32. The van der Waals surface area contributed by atoms with Gasteiger partial charge in [0.25, 0.3) is 0 Å². The Bertz CT molecular complexity index is 952. The molecule has 0 fully saturated rings. The van der Waals surface area contributed by atoms with Gasteiger partial charge in [-0.15, -0.1) is 11.8 Å². The van der Waals surface area contributed by atoms with Gasteiger partial charge >= 0.3 is 5.69 Å².